The maximum absolute atomic E-state index is 14.4. The third-order valence-electron chi connectivity index (χ3n) is 4.99. The van der Waals surface area contributed by atoms with Gasteiger partial charge >= 0.3 is 6.18 Å². The van der Waals surface area contributed by atoms with Crippen LogP contribution in [0.1, 0.15) is 37.3 Å². The first-order valence-electron chi connectivity index (χ1n) is 9.79. The van der Waals surface area contributed by atoms with Crippen molar-refractivity contribution in [2.24, 2.45) is 10.9 Å². The fourth-order valence-corrected chi connectivity index (χ4v) is 3.33. The van der Waals surface area contributed by atoms with Gasteiger partial charge in [-0.05, 0) is 18.9 Å². The van der Waals surface area contributed by atoms with E-state index in [0.29, 0.717) is 11.1 Å². The quantitative estimate of drug-likeness (QED) is 0.660. The summed E-state index contributed by atoms with van der Waals surface area (Å²) in [7, 11) is 0. The number of benzodiazepines with no additional fused rings is 1. The van der Waals surface area contributed by atoms with Crippen LogP contribution in [-0.4, -0.2) is 29.9 Å². The normalized spacial score (nSPS) is 17.1. The SMILES string of the molecule is CCC(CCC(F)(F)F)C(=O)NC1N=C(c2ccccc2)c2cccc(F)c2NC1=O. The predicted octanol–water partition coefficient (Wildman–Crippen LogP) is 4.43. The molecular formula is C22H21F4N3O2. The number of carbonyl (C=O) groups excluding carboxylic acids is 2. The molecule has 0 saturated heterocycles. The number of amides is 2. The van der Waals surface area contributed by atoms with Gasteiger partial charge in [-0.25, -0.2) is 9.38 Å². The predicted molar refractivity (Wildman–Crippen MR) is 108 cm³/mol. The molecule has 1 aliphatic heterocycles. The van der Waals surface area contributed by atoms with Gasteiger partial charge in [-0.3, -0.25) is 9.59 Å². The van der Waals surface area contributed by atoms with Gasteiger partial charge in [0, 0.05) is 23.5 Å². The Kier molecular flexibility index (Phi) is 6.72. The first-order valence-corrected chi connectivity index (χ1v) is 9.79. The topological polar surface area (TPSA) is 70.6 Å². The van der Waals surface area contributed by atoms with Gasteiger partial charge in [-0.2, -0.15) is 13.2 Å². The zero-order chi connectivity index (χ0) is 22.6. The average molecular weight is 435 g/mol. The van der Waals surface area contributed by atoms with E-state index in [-0.39, 0.29) is 17.8 Å². The molecule has 1 heterocycles. The Balaban J connectivity index is 1.93. The summed E-state index contributed by atoms with van der Waals surface area (Å²) in [6, 6.07) is 13.0. The first kappa shape index (κ1) is 22.5. The Morgan fingerprint density at radius 3 is 2.52 bits per heavy atom. The van der Waals surface area contributed by atoms with Crippen molar-refractivity contribution in [3.05, 3.63) is 65.5 Å². The molecule has 2 aromatic carbocycles. The van der Waals surface area contributed by atoms with Crippen molar-refractivity contribution >= 4 is 23.2 Å². The van der Waals surface area contributed by atoms with Crippen LogP contribution in [0.3, 0.4) is 0 Å². The van der Waals surface area contributed by atoms with E-state index in [1.54, 1.807) is 43.3 Å². The molecule has 0 bridgehead atoms. The molecule has 2 atom stereocenters. The lowest BCUT2D eigenvalue weighted by Crippen LogP contribution is -2.45. The Labute approximate surface area is 176 Å². The van der Waals surface area contributed by atoms with Crippen molar-refractivity contribution in [3.8, 4) is 0 Å². The molecule has 2 aromatic rings. The van der Waals surface area contributed by atoms with E-state index in [4.69, 9.17) is 0 Å². The molecule has 0 aliphatic carbocycles. The van der Waals surface area contributed by atoms with Crippen LogP contribution >= 0.6 is 0 Å². The molecule has 3 rings (SSSR count). The van der Waals surface area contributed by atoms with Gasteiger partial charge in [-0.15, -0.1) is 0 Å². The van der Waals surface area contributed by atoms with Crippen molar-refractivity contribution in [2.45, 2.75) is 38.5 Å². The summed E-state index contributed by atoms with van der Waals surface area (Å²) in [5, 5.41) is 4.86. The second-order valence-electron chi connectivity index (χ2n) is 7.17. The zero-order valence-electron chi connectivity index (χ0n) is 16.7. The summed E-state index contributed by atoms with van der Waals surface area (Å²) in [5.74, 6) is -3.10. The molecule has 9 heteroatoms. The lowest BCUT2D eigenvalue weighted by molar-refractivity contribution is -0.142. The lowest BCUT2D eigenvalue weighted by Gasteiger charge is -2.19. The number of nitrogens with zero attached hydrogens (tertiary/aromatic N) is 1. The molecule has 0 radical (unpaired) electrons. The number of halogens is 4. The minimum absolute atomic E-state index is 0.0732. The summed E-state index contributed by atoms with van der Waals surface area (Å²) in [4.78, 5) is 29.6. The number of alkyl halides is 3. The highest BCUT2D eigenvalue weighted by Gasteiger charge is 2.33. The number of hydrogen-bond donors (Lipinski definition) is 2. The Morgan fingerprint density at radius 1 is 1.16 bits per heavy atom. The number of anilines is 1. The molecule has 0 spiro atoms. The van der Waals surface area contributed by atoms with Crippen LogP contribution in [0.2, 0.25) is 0 Å². The monoisotopic (exact) mass is 435 g/mol. The molecule has 0 saturated carbocycles. The van der Waals surface area contributed by atoms with Gasteiger partial charge in [0.25, 0.3) is 5.91 Å². The number of fused-ring (bicyclic) bond motifs is 1. The largest absolute Gasteiger partial charge is 0.389 e. The lowest BCUT2D eigenvalue weighted by atomic mass is 9.99. The molecule has 2 unspecified atom stereocenters. The number of nitrogens with one attached hydrogen (secondary N) is 2. The maximum atomic E-state index is 14.4. The van der Waals surface area contributed by atoms with Crippen LogP contribution in [-0.2, 0) is 9.59 Å². The molecule has 5 nitrogen and oxygen atoms in total. The third-order valence-corrected chi connectivity index (χ3v) is 4.99. The van der Waals surface area contributed by atoms with E-state index in [2.05, 4.69) is 15.6 Å². The van der Waals surface area contributed by atoms with Gasteiger partial charge < -0.3 is 10.6 Å². The second-order valence-corrected chi connectivity index (χ2v) is 7.17. The molecule has 0 aromatic heterocycles. The summed E-state index contributed by atoms with van der Waals surface area (Å²) >= 11 is 0. The van der Waals surface area contributed by atoms with Crippen LogP contribution in [0, 0.1) is 11.7 Å². The number of hydrogen-bond acceptors (Lipinski definition) is 3. The van der Waals surface area contributed by atoms with E-state index < -0.39 is 48.7 Å². The Morgan fingerprint density at radius 2 is 1.87 bits per heavy atom. The molecule has 31 heavy (non-hydrogen) atoms. The van der Waals surface area contributed by atoms with Gasteiger partial charge in [0.1, 0.15) is 5.82 Å². The summed E-state index contributed by atoms with van der Waals surface area (Å²) in [6.45, 7) is 1.59. The first-order chi connectivity index (χ1) is 14.7. The molecule has 2 amide bonds. The van der Waals surface area contributed by atoms with Crippen molar-refractivity contribution < 1.29 is 27.2 Å². The maximum Gasteiger partial charge on any atom is 0.389 e. The highest BCUT2D eigenvalue weighted by molar-refractivity contribution is 6.19. The van der Waals surface area contributed by atoms with Crippen molar-refractivity contribution in [1.29, 1.82) is 0 Å². The van der Waals surface area contributed by atoms with Crippen LogP contribution in [0.25, 0.3) is 0 Å². The van der Waals surface area contributed by atoms with Crippen LogP contribution in [0.15, 0.2) is 53.5 Å². The molecule has 2 N–H and O–H groups in total. The number of carbonyl (C=O) groups is 2. The van der Waals surface area contributed by atoms with E-state index in [9.17, 15) is 27.2 Å². The fraction of sp³-hybridized carbons (Fsp3) is 0.318. The van der Waals surface area contributed by atoms with Crippen molar-refractivity contribution in [1.82, 2.24) is 5.32 Å². The smallest absolute Gasteiger partial charge is 0.326 e. The van der Waals surface area contributed by atoms with Gasteiger partial charge in [0.05, 0.1) is 11.4 Å². The third kappa shape index (κ3) is 5.48. The zero-order valence-corrected chi connectivity index (χ0v) is 16.7. The average Bonchev–Trinajstić information content (AvgIpc) is 2.86. The highest BCUT2D eigenvalue weighted by atomic mass is 19.4. The Bertz CT molecular complexity index is 990. The number of para-hydroxylation sites is 1. The highest BCUT2D eigenvalue weighted by Crippen LogP contribution is 2.28. The Hall–Kier alpha value is -3.23. The van der Waals surface area contributed by atoms with E-state index in [0.717, 1.165) is 0 Å². The fourth-order valence-electron chi connectivity index (χ4n) is 3.33. The molecular weight excluding hydrogens is 414 g/mol. The van der Waals surface area contributed by atoms with Gasteiger partial charge in [-0.1, -0.05) is 49.4 Å². The van der Waals surface area contributed by atoms with Crippen LogP contribution in [0.5, 0.6) is 0 Å². The summed E-state index contributed by atoms with van der Waals surface area (Å²) in [6.07, 6.45) is -7.14. The molecule has 164 valence electrons. The number of rotatable bonds is 6. The standard InChI is InChI=1S/C22H21F4N3O2/c1-2-13(11-12-22(24,25)26)20(30)29-19-21(31)28-18-15(9-6-10-16(18)23)17(27-19)14-7-4-3-5-8-14/h3-10,13,19H,2,11-12H2,1H3,(H,28,31)(H,29,30). The summed E-state index contributed by atoms with van der Waals surface area (Å²) < 4.78 is 52.1. The number of aliphatic imine (C=N–C) groups is 1. The van der Waals surface area contributed by atoms with Crippen LogP contribution in [0.4, 0.5) is 23.2 Å². The van der Waals surface area contributed by atoms with E-state index in [1.165, 1.54) is 12.1 Å². The van der Waals surface area contributed by atoms with E-state index >= 15 is 0 Å². The molecule has 1 aliphatic rings. The number of benzene rings is 2. The minimum atomic E-state index is -4.38. The summed E-state index contributed by atoms with van der Waals surface area (Å²) in [5.41, 5.74) is 1.13. The van der Waals surface area contributed by atoms with E-state index in [1.807, 2.05) is 0 Å². The van der Waals surface area contributed by atoms with Crippen molar-refractivity contribution in [3.63, 3.8) is 0 Å². The van der Waals surface area contributed by atoms with Gasteiger partial charge in [0.15, 0.2) is 0 Å². The van der Waals surface area contributed by atoms with Gasteiger partial charge in [0.2, 0.25) is 12.1 Å². The molecule has 0 fully saturated rings. The second kappa shape index (κ2) is 9.28. The van der Waals surface area contributed by atoms with Crippen molar-refractivity contribution in [2.75, 3.05) is 5.32 Å². The minimum Gasteiger partial charge on any atom is -0.326 e. The van der Waals surface area contributed by atoms with Crippen LogP contribution < -0.4 is 10.6 Å².